The van der Waals surface area contributed by atoms with Crippen LogP contribution in [0.1, 0.15) is 21.6 Å². The van der Waals surface area contributed by atoms with Gasteiger partial charge in [-0.3, -0.25) is 9.78 Å². The van der Waals surface area contributed by atoms with E-state index in [-0.39, 0.29) is 12.5 Å². The van der Waals surface area contributed by atoms with Crippen molar-refractivity contribution in [1.82, 2.24) is 15.0 Å². The Hall–Kier alpha value is -2.45. The second-order valence-corrected chi connectivity index (χ2v) is 7.28. The van der Waals surface area contributed by atoms with Crippen molar-refractivity contribution in [2.45, 2.75) is 13.0 Å². The zero-order chi connectivity index (χ0) is 18.3. The largest absolute Gasteiger partial charge is 0.496 e. The van der Waals surface area contributed by atoms with Gasteiger partial charge in [-0.1, -0.05) is 18.2 Å². The molecule has 0 spiro atoms. The Morgan fingerprint density at radius 2 is 2.00 bits per heavy atom. The molecule has 2 rings (SSSR count). The van der Waals surface area contributed by atoms with Crippen LogP contribution in [0.4, 0.5) is 0 Å². The molecule has 0 fully saturated rings. The monoisotopic (exact) mass is 363 g/mol. The molecule has 0 unspecified atom stereocenters. The number of nitrogens with one attached hydrogen (secondary N) is 2. The van der Waals surface area contributed by atoms with Gasteiger partial charge in [0.2, 0.25) is 10.0 Å². The fraction of sp³-hybridized carbons (Fsp3) is 0.294. The molecule has 1 aromatic heterocycles. The summed E-state index contributed by atoms with van der Waals surface area (Å²) in [6.07, 6.45) is 3.19. The Bertz CT molecular complexity index is 837. The Balaban J connectivity index is 1.92. The molecule has 0 aliphatic rings. The Kier molecular flexibility index (Phi) is 6.49. The topological polar surface area (TPSA) is 97.4 Å². The predicted octanol–water partition coefficient (Wildman–Crippen LogP) is 1.11. The van der Waals surface area contributed by atoms with Gasteiger partial charge in [0, 0.05) is 18.3 Å². The number of sulfonamides is 1. The fourth-order valence-electron chi connectivity index (χ4n) is 2.24. The van der Waals surface area contributed by atoms with Crippen LogP contribution >= 0.6 is 0 Å². The van der Waals surface area contributed by atoms with Gasteiger partial charge in [0.1, 0.15) is 5.75 Å². The molecule has 25 heavy (non-hydrogen) atoms. The van der Waals surface area contributed by atoms with Gasteiger partial charge in [-0.2, -0.15) is 0 Å². The molecule has 2 N–H and O–H groups in total. The summed E-state index contributed by atoms with van der Waals surface area (Å²) in [7, 11) is -1.70. The van der Waals surface area contributed by atoms with Gasteiger partial charge in [0.05, 0.1) is 25.6 Å². The Labute approximate surface area is 147 Å². The number of methoxy groups -OCH3 is 1. The lowest BCUT2D eigenvalue weighted by molar-refractivity contribution is 0.0954. The number of benzene rings is 1. The van der Waals surface area contributed by atoms with Crippen LogP contribution in [0, 0.1) is 0 Å². The van der Waals surface area contributed by atoms with E-state index in [4.69, 9.17) is 4.74 Å². The molecule has 0 saturated heterocycles. The molecular formula is C17H21N3O4S. The van der Waals surface area contributed by atoms with Crippen LogP contribution in [0.15, 0.2) is 42.6 Å². The van der Waals surface area contributed by atoms with Gasteiger partial charge in [0.15, 0.2) is 0 Å². The first kappa shape index (κ1) is 18.9. The summed E-state index contributed by atoms with van der Waals surface area (Å²) in [5.74, 6) is 0.549. The molecule has 2 aromatic rings. The number of carbonyl (C=O) groups excluding carboxylic acids is 1. The molecule has 8 heteroatoms. The number of nitrogens with zero attached hydrogens (tertiary/aromatic N) is 1. The SMILES string of the molecule is COc1ccccc1CCNC(=O)c1ccnc(CNS(C)(=O)=O)c1. The highest BCUT2D eigenvalue weighted by atomic mass is 32.2. The van der Waals surface area contributed by atoms with Crippen molar-refractivity contribution < 1.29 is 17.9 Å². The van der Waals surface area contributed by atoms with E-state index in [1.54, 1.807) is 19.2 Å². The first-order valence-corrected chi connectivity index (χ1v) is 9.58. The van der Waals surface area contributed by atoms with Gasteiger partial charge in [-0.25, -0.2) is 13.1 Å². The number of hydrogen-bond donors (Lipinski definition) is 2. The average molecular weight is 363 g/mol. The van der Waals surface area contributed by atoms with Gasteiger partial charge >= 0.3 is 0 Å². The van der Waals surface area contributed by atoms with E-state index in [9.17, 15) is 13.2 Å². The van der Waals surface area contributed by atoms with Gasteiger partial charge in [-0.15, -0.1) is 0 Å². The Morgan fingerprint density at radius 3 is 2.72 bits per heavy atom. The van der Waals surface area contributed by atoms with Crippen LogP contribution in [-0.2, 0) is 23.0 Å². The number of hydrogen-bond acceptors (Lipinski definition) is 5. The first-order valence-electron chi connectivity index (χ1n) is 7.68. The molecule has 0 saturated carbocycles. The lowest BCUT2D eigenvalue weighted by atomic mass is 10.1. The van der Waals surface area contributed by atoms with E-state index >= 15 is 0 Å². The summed E-state index contributed by atoms with van der Waals surface area (Å²) in [6, 6.07) is 10.8. The van der Waals surface area contributed by atoms with Gasteiger partial charge < -0.3 is 10.1 Å². The summed E-state index contributed by atoms with van der Waals surface area (Å²) in [5, 5.41) is 2.84. The van der Waals surface area contributed by atoms with E-state index in [2.05, 4.69) is 15.0 Å². The van der Waals surface area contributed by atoms with Gasteiger partial charge in [-0.05, 0) is 30.2 Å². The molecule has 0 aliphatic carbocycles. The molecule has 1 amide bonds. The minimum absolute atomic E-state index is 0.0428. The minimum Gasteiger partial charge on any atom is -0.496 e. The maximum absolute atomic E-state index is 12.2. The number of carbonyl (C=O) groups is 1. The molecular weight excluding hydrogens is 342 g/mol. The van der Waals surface area contributed by atoms with Crippen molar-refractivity contribution in [2.24, 2.45) is 0 Å². The molecule has 0 radical (unpaired) electrons. The molecule has 0 bridgehead atoms. The average Bonchev–Trinajstić information content (AvgIpc) is 2.60. The standard InChI is InChI=1S/C17H21N3O4S/c1-24-16-6-4-3-5-13(16)7-10-19-17(21)14-8-9-18-15(11-14)12-20-25(2,22)23/h3-6,8-9,11,20H,7,10,12H2,1-2H3,(H,19,21). The van der Waals surface area contributed by atoms with E-state index in [0.717, 1.165) is 17.6 Å². The number of aromatic nitrogens is 1. The predicted molar refractivity (Wildman–Crippen MR) is 95.0 cm³/mol. The highest BCUT2D eigenvalue weighted by molar-refractivity contribution is 7.88. The van der Waals surface area contributed by atoms with Crippen LogP contribution < -0.4 is 14.8 Å². The normalized spacial score (nSPS) is 11.1. The molecule has 134 valence electrons. The maximum atomic E-state index is 12.2. The molecule has 1 heterocycles. The number of amides is 1. The lowest BCUT2D eigenvalue weighted by Crippen LogP contribution is -2.26. The third-order valence-electron chi connectivity index (χ3n) is 3.47. The number of pyridine rings is 1. The van der Waals surface area contributed by atoms with Crippen LogP contribution in [0.2, 0.25) is 0 Å². The summed E-state index contributed by atoms with van der Waals surface area (Å²) >= 11 is 0. The zero-order valence-electron chi connectivity index (χ0n) is 14.2. The number of ether oxygens (including phenoxy) is 1. The molecule has 0 atom stereocenters. The summed E-state index contributed by atoms with van der Waals surface area (Å²) in [5.41, 5.74) is 1.92. The number of rotatable bonds is 8. The highest BCUT2D eigenvalue weighted by Gasteiger charge is 2.09. The quantitative estimate of drug-likeness (QED) is 0.732. The smallest absolute Gasteiger partial charge is 0.251 e. The third-order valence-corrected chi connectivity index (χ3v) is 4.14. The van der Waals surface area contributed by atoms with Crippen molar-refractivity contribution in [1.29, 1.82) is 0 Å². The van der Waals surface area contributed by atoms with Crippen molar-refractivity contribution in [3.05, 3.63) is 59.4 Å². The summed E-state index contributed by atoms with van der Waals surface area (Å²) in [4.78, 5) is 16.3. The summed E-state index contributed by atoms with van der Waals surface area (Å²) in [6.45, 7) is 0.500. The second kappa shape index (κ2) is 8.59. The lowest BCUT2D eigenvalue weighted by Gasteiger charge is -2.09. The Morgan fingerprint density at radius 1 is 1.24 bits per heavy atom. The first-order chi connectivity index (χ1) is 11.9. The molecule has 1 aromatic carbocycles. The van der Waals surface area contributed by atoms with Crippen LogP contribution in [0.3, 0.4) is 0 Å². The molecule has 7 nitrogen and oxygen atoms in total. The van der Waals surface area contributed by atoms with Crippen LogP contribution in [-0.4, -0.2) is 39.2 Å². The van der Waals surface area contributed by atoms with Crippen LogP contribution in [0.25, 0.3) is 0 Å². The molecule has 0 aliphatic heterocycles. The fourth-order valence-corrected chi connectivity index (χ4v) is 2.65. The van der Waals surface area contributed by atoms with E-state index in [0.29, 0.717) is 24.2 Å². The third kappa shape index (κ3) is 6.17. The maximum Gasteiger partial charge on any atom is 0.251 e. The van der Waals surface area contributed by atoms with Crippen molar-refractivity contribution in [3.8, 4) is 5.75 Å². The highest BCUT2D eigenvalue weighted by Crippen LogP contribution is 2.17. The van der Waals surface area contributed by atoms with Gasteiger partial charge in [0.25, 0.3) is 5.91 Å². The van der Waals surface area contributed by atoms with Crippen molar-refractivity contribution in [2.75, 3.05) is 19.9 Å². The van der Waals surface area contributed by atoms with Crippen LogP contribution in [0.5, 0.6) is 5.75 Å². The van der Waals surface area contributed by atoms with Crippen molar-refractivity contribution >= 4 is 15.9 Å². The number of para-hydroxylation sites is 1. The minimum atomic E-state index is -3.31. The zero-order valence-corrected chi connectivity index (χ0v) is 15.0. The summed E-state index contributed by atoms with van der Waals surface area (Å²) < 4.78 is 29.9. The second-order valence-electron chi connectivity index (χ2n) is 5.45. The van der Waals surface area contributed by atoms with E-state index in [1.165, 1.54) is 6.20 Å². The van der Waals surface area contributed by atoms with E-state index < -0.39 is 10.0 Å². The van der Waals surface area contributed by atoms with Crippen molar-refractivity contribution in [3.63, 3.8) is 0 Å². The van der Waals surface area contributed by atoms with E-state index in [1.807, 2.05) is 24.3 Å².